The van der Waals surface area contributed by atoms with E-state index in [-0.39, 0.29) is 16.1 Å². The van der Waals surface area contributed by atoms with Crippen LogP contribution in [-0.4, -0.2) is 36.2 Å². The molecule has 144 valence electrons. The van der Waals surface area contributed by atoms with Crippen molar-refractivity contribution in [2.24, 2.45) is 5.73 Å². The third-order valence-corrected chi connectivity index (χ3v) is 4.04. The number of aromatic carboxylic acids is 1. The summed E-state index contributed by atoms with van der Waals surface area (Å²) in [6.45, 7) is 0. The summed E-state index contributed by atoms with van der Waals surface area (Å²) in [5.41, 5.74) is 4.31. The highest BCUT2D eigenvalue weighted by atomic mass is 35.5. The number of hydrogen-bond donors (Lipinski definition) is 3. The third-order valence-electron chi connectivity index (χ3n) is 3.65. The maximum Gasteiger partial charge on any atom is 0.341 e. The SMILES string of the molecule is NC(=O)c1cnn2cc(F)cc2c1Cl.O=C(O)c1c[nH]n2cc(F)cc2c1=O. The lowest BCUT2D eigenvalue weighted by Crippen LogP contribution is -2.17. The maximum absolute atomic E-state index is 12.8. The Balaban J connectivity index is 0.000000161. The van der Waals surface area contributed by atoms with Crippen molar-refractivity contribution in [3.05, 3.63) is 74.9 Å². The van der Waals surface area contributed by atoms with Crippen LogP contribution in [0, 0.1) is 11.6 Å². The number of primary amides is 1. The molecule has 4 rings (SSSR count). The van der Waals surface area contributed by atoms with Gasteiger partial charge in [-0.05, 0) is 0 Å². The fraction of sp³-hybridized carbons (Fsp3) is 0. The van der Waals surface area contributed by atoms with E-state index in [1.165, 1.54) is 16.8 Å². The molecule has 0 unspecified atom stereocenters. The lowest BCUT2D eigenvalue weighted by molar-refractivity contribution is 0.0694. The van der Waals surface area contributed by atoms with Crippen molar-refractivity contribution < 1.29 is 23.5 Å². The zero-order chi connectivity index (χ0) is 20.6. The normalized spacial score (nSPS) is 10.7. The molecule has 0 saturated carbocycles. The van der Waals surface area contributed by atoms with Crippen LogP contribution in [0.15, 0.2) is 41.7 Å². The number of amides is 1. The van der Waals surface area contributed by atoms with Gasteiger partial charge < -0.3 is 15.9 Å². The monoisotopic (exact) mass is 409 g/mol. The summed E-state index contributed by atoms with van der Waals surface area (Å²) < 4.78 is 27.9. The number of carboxylic acid groups (broad SMARTS) is 1. The third kappa shape index (κ3) is 3.42. The predicted molar refractivity (Wildman–Crippen MR) is 93.6 cm³/mol. The zero-order valence-electron chi connectivity index (χ0n) is 13.7. The number of hydrogen-bond acceptors (Lipinski definition) is 4. The lowest BCUT2D eigenvalue weighted by atomic mass is 10.3. The van der Waals surface area contributed by atoms with Crippen molar-refractivity contribution in [2.45, 2.75) is 0 Å². The van der Waals surface area contributed by atoms with Crippen molar-refractivity contribution in [3.8, 4) is 0 Å². The molecule has 0 bridgehead atoms. The van der Waals surface area contributed by atoms with E-state index >= 15 is 0 Å². The van der Waals surface area contributed by atoms with E-state index in [2.05, 4.69) is 10.2 Å². The van der Waals surface area contributed by atoms with Gasteiger partial charge in [0.15, 0.2) is 0 Å². The Bertz CT molecular complexity index is 1290. The van der Waals surface area contributed by atoms with Crippen LogP contribution in [0.4, 0.5) is 8.78 Å². The van der Waals surface area contributed by atoms with Gasteiger partial charge >= 0.3 is 5.97 Å². The molecule has 4 heterocycles. The van der Waals surface area contributed by atoms with Gasteiger partial charge in [-0.15, -0.1) is 0 Å². The number of nitrogens with one attached hydrogen (secondary N) is 1. The molecule has 12 heteroatoms. The number of rotatable bonds is 2. The Morgan fingerprint density at radius 2 is 1.79 bits per heavy atom. The molecule has 0 saturated heterocycles. The number of carbonyl (C=O) groups excluding carboxylic acids is 1. The van der Waals surface area contributed by atoms with Gasteiger partial charge in [-0.25, -0.2) is 18.1 Å². The first-order valence-corrected chi connectivity index (χ1v) is 7.81. The fourth-order valence-electron chi connectivity index (χ4n) is 2.37. The molecule has 0 radical (unpaired) electrons. The highest BCUT2D eigenvalue weighted by Gasteiger charge is 2.13. The minimum absolute atomic E-state index is 0.0256. The van der Waals surface area contributed by atoms with Crippen LogP contribution in [-0.2, 0) is 0 Å². The van der Waals surface area contributed by atoms with Gasteiger partial charge in [0.05, 0.1) is 34.7 Å². The molecule has 9 nitrogen and oxygen atoms in total. The second kappa shape index (κ2) is 7.12. The van der Waals surface area contributed by atoms with Crippen molar-refractivity contribution in [3.63, 3.8) is 0 Å². The van der Waals surface area contributed by atoms with Gasteiger partial charge in [-0.3, -0.25) is 14.1 Å². The Labute approximate surface area is 158 Å². The van der Waals surface area contributed by atoms with E-state index in [0.29, 0.717) is 5.52 Å². The number of aromatic amines is 1. The molecule has 0 fully saturated rings. The molecule has 0 aliphatic rings. The molecule has 4 aromatic rings. The first-order valence-electron chi connectivity index (χ1n) is 7.44. The molecular formula is C16H10ClF2N5O4. The molecule has 0 aliphatic heterocycles. The molecule has 0 aromatic carbocycles. The summed E-state index contributed by atoms with van der Waals surface area (Å²) in [6, 6.07) is 2.16. The molecule has 0 atom stereocenters. The summed E-state index contributed by atoms with van der Waals surface area (Å²) >= 11 is 5.82. The zero-order valence-corrected chi connectivity index (χ0v) is 14.4. The average Bonchev–Trinajstić information content (AvgIpc) is 3.18. The number of carboxylic acids is 1. The van der Waals surface area contributed by atoms with Gasteiger partial charge in [0.1, 0.15) is 22.7 Å². The molecule has 1 amide bonds. The summed E-state index contributed by atoms with van der Waals surface area (Å²) in [5.74, 6) is -3.09. The second-order valence-corrected chi connectivity index (χ2v) is 5.84. The minimum Gasteiger partial charge on any atom is -0.477 e. The average molecular weight is 410 g/mol. The molecule has 28 heavy (non-hydrogen) atoms. The summed E-state index contributed by atoms with van der Waals surface area (Å²) in [5, 5.41) is 15.0. The van der Waals surface area contributed by atoms with E-state index in [9.17, 15) is 23.2 Å². The number of nitrogens with two attached hydrogens (primary N) is 1. The summed E-state index contributed by atoms with van der Waals surface area (Å²) in [7, 11) is 0. The van der Waals surface area contributed by atoms with Crippen LogP contribution in [0.25, 0.3) is 11.0 Å². The van der Waals surface area contributed by atoms with Crippen LogP contribution >= 0.6 is 11.6 Å². The number of aromatic nitrogens is 4. The van der Waals surface area contributed by atoms with Crippen LogP contribution in [0.3, 0.4) is 0 Å². The van der Waals surface area contributed by atoms with E-state index < -0.39 is 34.5 Å². The van der Waals surface area contributed by atoms with Crippen molar-refractivity contribution in [2.75, 3.05) is 0 Å². The number of H-pyrrole nitrogens is 1. The van der Waals surface area contributed by atoms with Crippen molar-refractivity contribution >= 4 is 34.5 Å². The maximum atomic E-state index is 12.8. The highest BCUT2D eigenvalue weighted by molar-refractivity contribution is 6.36. The lowest BCUT2D eigenvalue weighted by Gasteiger charge is -2.00. The fourth-order valence-corrected chi connectivity index (χ4v) is 2.66. The van der Waals surface area contributed by atoms with Crippen LogP contribution in [0.2, 0.25) is 5.02 Å². The van der Waals surface area contributed by atoms with E-state index in [1.54, 1.807) is 0 Å². The van der Waals surface area contributed by atoms with Crippen LogP contribution < -0.4 is 11.2 Å². The molecule has 0 aliphatic carbocycles. The van der Waals surface area contributed by atoms with Gasteiger partial charge in [0.2, 0.25) is 5.43 Å². The molecule has 4 aromatic heterocycles. The predicted octanol–water partition coefficient (Wildman–Crippen LogP) is 1.69. The van der Waals surface area contributed by atoms with Gasteiger partial charge in [-0.2, -0.15) is 5.10 Å². The second-order valence-electron chi connectivity index (χ2n) is 5.46. The molecule has 4 N–H and O–H groups in total. The summed E-state index contributed by atoms with van der Waals surface area (Å²) in [4.78, 5) is 32.8. The largest absolute Gasteiger partial charge is 0.477 e. The van der Waals surface area contributed by atoms with Gasteiger partial charge in [0, 0.05) is 18.3 Å². The van der Waals surface area contributed by atoms with Gasteiger partial charge in [-0.1, -0.05) is 11.6 Å². The quantitative estimate of drug-likeness (QED) is 0.463. The molecular weight excluding hydrogens is 400 g/mol. The number of fused-ring (bicyclic) bond motifs is 2. The highest BCUT2D eigenvalue weighted by Crippen LogP contribution is 2.22. The Morgan fingerprint density at radius 3 is 2.43 bits per heavy atom. The topological polar surface area (TPSA) is 135 Å². The Kier molecular flexibility index (Phi) is 4.84. The number of halogens is 3. The van der Waals surface area contributed by atoms with Crippen molar-refractivity contribution in [1.29, 1.82) is 0 Å². The minimum atomic E-state index is -1.34. The molecule has 0 spiro atoms. The summed E-state index contributed by atoms with van der Waals surface area (Å²) in [6.07, 6.45) is 4.45. The van der Waals surface area contributed by atoms with E-state index in [0.717, 1.165) is 29.2 Å². The number of nitrogens with zero attached hydrogens (tertiary/aromatic N) is 3. The van der Waals surface area contributed by atoms with Crippen LogP contribution in [0.1, 0.15) is 20.7 Å². The van der Waals surface area contributed by atoms with Crippen molar-refractivity contribution in [1.82, 2.24) is 19.2 Å². The first kappa shape index (κ1) is 19.0. The Hall–Kier alpha value is -3.73. The number of carbonyl (C=O) groups is 2. The van der Waals surface area contributed by atoms with Crippen LogP contribution in [0.5, 0.6) is 0 Å². The van der Waals surface area contributed by atoms with Gasteiger partial charge in [0.25, 0.3) is 5.91 Å². The smallest absolute Gasteiger partial charge is 0.341 e. The Morgan fingerprint density at radius 1 is 1.14 bits per heavy atom. The standard InChI is InChI=1S/C8H5ClFN3O.C8H5FN2O3/c9-7-5(8(11)14)2-12-13-3-4(10)1-6(7)13;9-4-1-6-7(12)5(8(13)14)2-10-11(6)3-4/h1-3H,(H2,11,14);1-3,10H,(H,13,14). The van der Waals surface area contributed by atoms with E-state index in [1.807, 2.05) is 0 Å². The van der Waals surface area contributed by atoms with E-state index in [4.69, 9.17) is 22.4 Å². The first-order chi connectivity index (χ1) is 13.2.